The van der Waals surface area contributed by atoms with Crippen LogP contribution in [-0.2, 0) is 15.8 Å². The smallest absolute Gasteiger partial charge is 0.424 e. The van der Waals surface area contributed by atoms with Gasteiger partial charge in [-0.25, -0.2) is 13.8 Å². The van der Waals surface area contributed by atoms with Gasteiger partial charge in [-0.05, 0) is 62.2 Å². The second-order valence-corrected chi connectivity index (χ2v) is 11.2. The van der Waals surface area contributed by atoms with E-state index in [1.807, 2.05) is 0 Å². The van der Waals surface area contributed by atoms with Crippen molar-refractivity contribution in [3.05, 3.63) is 83.2 Å². The summed E-state index contributed by atoms with van der Waals surface area (Å²) in [5.74, 6) is -5.01. The minimum atomic E-state index is -5.46. The van der Waals surface area contributed by atoms with E-state index in [2.05, 4.69) is 15.3 Å². The second-order valence-electron chi connectivity index (χ2n) is 11.2. The van der Waals surface area contributed by atoms with Crippen LogP contribution in [0.25, 0.3) is 22.2 Å². The highest BCUT2D eigenvalue weighted by molar-refractivity contribution is 6.00. The van der Waals surface area contributed by atoms with Crippen molar-refractivity contribution in [2.24, 2.45) is 0 Å². The molecular weight excluding hydrogens is 605 g/mol. The van der Waals surface area contributed by atoms with Crippen LogP contribution in [0.5, 0.6) is 11.5 Å². The van der Waals surface area contributed by atoms with Crippen molar-refractivity contribution in [3.8, 4) is 22.8 Å². The Morgan fingerprint density at radius 2 is 1.87 bits per heavy atom. The topological polar surface area (TPSA) is 131 Å². The van der Waals surface area contributed by atoms with E-state index in [9.17, 15) is 41.8 Å². The first-order chi connectivity index (χ1) is 21.2. The molecular formula is C31H24F5N3O6. The fraction of sp³-hybridized carbons (Fsp3) is 0.290. The van der Waals surface area contributed by atoms with Gasteiger partial charge in [-0.2, -0.15) is 13.2 Å². The van der Waals surface area contributed by atoms with Gasteiger partial charge in [-0.1, -0.05) is 6.07 Å². The number of carboxylic acids is 1. The summed E-state index contributed by atoms with van der Waals surface area (Å²) in [6.45, 7) is -0.750. The van der Waals surface area contributed by atoms with Gasteiger partial charge in [0.15, 0.2) is 11.6 Å². The molecule has 14 heteroatoms. The SMILES string of the molecule is C[C@]1(C(=O)O)COc2c1cc(C(O)(CNC(=O)c1cc(OC3CC3)c3ncccc3c1)C(F)(F)F)nc2-c1ccc(F)c(F)c1. The summed E-state index contributed by atoms with van der Waals surface area (Å²) in [7, 11) is 0. The Hall–Kier alpha value is -4.85. The van der Waals surface area contributed by atoms with E-state index in [0.717, 1.165) is 25.0 Å². The molecule has 2 aromatic heterocycles. The number of carbonyl (C=O) groups is 2. The maximum atomic E-state index is 14.7. The van der Waals surface area contributed by atoms with E-state index in [1.54, 1.807) is 12.1 Å². The minimum Gasteiger partial charge on any atom is -0.489 e. The fourth-order valence-corrected chi connectivity index (χ4v) is 5.00. The average Bonchev–Trinajstić information content (AvgIpc) is 3.75. The molecule has 3 N–H and O–H groups in total. The summed E-state index contributed by atoms with van der Waals surface area (Å²) < 4.78 is 83.3. The van der Waals surface area contributed by atoms with E-state index in [1.165, 1.54) is 25.3 Å². The average molecular weight is 630 g/mol. The molecule has 45 heavy (non-hydrogen) atoms. The number of aromatic nitrogens is 2. The molecule has 4 aromatic rings. The van der Waals surface area contributed by atoms with Crippen molar-refractivity contribution in [2.45, 2.75) is 43.1 Å². The van der Waals surface area contributed by atoms with Crippen LogP contribution < -0.4 is 14.8 Å². The van der Waals surface area contributed by atoms with Crippen molar-refractivity contribution in [1.82, 2.24) is 15.3 Å². The van der Waals surface area contributed by atoms with Gasteiger partial charge in [-0.15, -0.1) is 0 Å². The first-order valence-electron chi connectivity index (χ1n) is 13.7. The molecule has 2 aliphatic rings. The molecule has 0 spiro atoms. The third-order valence-corrected chi connectivity index (χ3v) is 7.89. The quantitative estimate of drug-likeness (QED) is 0.232. The molecule has 1 unspecified atom stereocenters. The Bertz CT molecular complexity index is 1860. The van der Waals surface area contributed by atoms with Crippen molar-refractivity contribution >= 4 is 22.8 Å². The van der Waals surface area contributed by atoms with E-state index in [0.29, 0.717) is 23.0 Å². The number of carbonyl (C=O) groups excluding carboxylic acids is 1. The number of aliphatic hydroxyl groups is 1. The lowest BCUT2D eigenvalue weighted by atomic mass is 9.82. The number of carboxylic acid groups (broad SMARTS) is 1. The molecule has 3 heterocycles. The largest absolute Gasteiger partial charge is 0.489 e. The van der Waals surface area contributed by atoms with Gasteiger partial charge in [0.2, 0.25) is 5.60 Å². The predicted octanol–water partition coefficient (Wildman–Crippen LogP) is 5.03. The monoisotopic (exact) mass is 629 g/mol. The molecule has 1 amide bonds. The van der Waals surface area contributed by atoms with Gasteiger partial charge in [-0.3, -0.25) is 14.6 Å². The van der Waals surface area contributed by atoms with E-state index >= 15 is 0 Å². The van der Waals surface area contributed by atoms with E-state index < -0.39 is 65.2 Å². The Balaban J connectivity index is 1.41. The number of halogens is 5. The summed E-state index contributed by atoms with van der Waals surface area (Å²) in [6.07, 6.45) is -2.40. The van der Waals surface area contributed by atoms with Crippen LogP contribution >= 0.6 is 0 Å². The van der Waals surface area contributed by atoms with Crippen LogP contribution in [0.2, 0.25) is 0 Å². The highest BCUT2D eigenvalue weighted by Gasteiger charge is 2.58. The maximum Gasteiger partial charge on any atom is 0.424 e. The van der Waals surface area contributed by atoms with Gasteiger partial charge in [0.25, 0.3) is 5.91 Å². The van der Waals surface area contributed by atoms with Crippen molar-refractivity contribution < 1.29 is 51.2 Å². The molecule has 2 aromatic carbocycles. The molecule has 1 fully saturated rings. The van der Waals surface area contributed by atoms with Crippen LogP contribution in [0.15, 0.2) is 54.7 Å². The van der Waals surface area contributed by atoms with Crippen LogP contribution in [0.4, 0.5) is 22.0 Å². The second kappa shape index (κ2) is 10.6. The first kappa shape index (κ1) is 30.2. The zero-order chi connectivity index (χ0) is 32.3. The van der Waals surface area contributed by atoms with E-state index in [4.69, 9.17) is 9.47 Å². The number of amides is 1. The molecule has 0 radical (unpaired) electrons. The number of ether oxygens (including phenoxy) is 2. The number of hydrogen-bond acceptors (Lipinski definition) is 7. The molecule has 0 bridgehead atoms. The highest BCUT2D eigenvalue weighted by Crippen LogP contribution is 2.48. The number of hydrogen-bond donors (Lipinski definition) is 3. The van der Waals surface area contributed by atoms with Crippen molar-refractivity contribution in [2.75, 3.05) is 13.2 Å². The predicted molar refractivity (Wildman–Crippen MR) is 148 cm³/mol. The number of aliphatic carboxylic acids is 1. The standard InChI is InChI=1S/C31H24F5N3O6/c1-29(28(41)42)14-44-26-19(29)12-23(39-25(26)16-4-7-20(32)21(33)10-16)30(43,31(34,35)36)13-38-27(40)17-9-15-3-2-8-37-24(15)22(11-17)45-18-5-6-18/h2-4,7-12,18,43H,5-6,13-14H2,1H3,(H,38,40)(H,41,42)/t29-,30?/m0/s1. The minimum absolute atomic E-state index is 0.0630. The summed E-state index contributed by atoms with van der Waals surface area (Å²) in [5.41, 5.74) is -7.40. The lowest BCUT2D eigenvalue weighted by Crippen LogP contribution is -2.51. The number of alkyl halides is 3. The fourth-order valence-electron chi connectivity index (χ4n) is 5.00. The lowest BCUT2D eigenvalue weighted by molar-refractivity contribution is -0.265. The number of rotatable bonds is 8. The lowest BCUT2D eigenvalue weighted by Gasteiger charge is -2.31. The van der Waals surface area contributed by atoms with Gasteiger partial charge in [0.05, 0.1) is 18.3 Å². The molecule has 6 rings (SSSR count). The van der Waals surface area contributed by atoms with Crippen LogP contribution in [-0.4, -0.2) is 57.5 Å². The summed E-state index contributed by atoms with van der Waals surface area (Å²) in [5, 5.41) is 23.7. The first-order valence-corrected chi connectivity index (χ1v) is 13.7. The molecule has 1 aliphatic heterocycles. The Morgan fingerprint density at radius 1 is 1.11 bits per heavy atom. The Labute approximate surface area is 251 Å². The third-order valence-electron chi connectivity index (χ3n) is 7.89. The molecule has 234 valence electrons. The van der Waals surface area contributed by atoms with Crippen LogP contribution in [0, 0.1) is 11.6 Å². The normalized spacial score (nSPS) is 19.0. The van der Waals surface area contributed by atoms with Crippen LogP contribution in [0.3, 0.4) is 0 Å². The zero-order valence-corrected chi connectivity index (χ0v) is 23.4. The third kappa shape index (κ3) is 5.28. The molecule has 2 atom stereocenters. The number of nitrogens with one attached hydrogen (secondary N) is 1. The number of benzene rings is 2. The van der Waals surface area contributed by atoms with Crippen LogP contribution in [0.1, 0.15) is 41.4 Å². The van der Waals surface area contributed by atoms with E-state index in [-0.39, 0.29) is 34.3 Å². The molecule has 9 nitrogen and oxygen atoms in total. The Kier molecular flexibility index (Phi) is 7.14. The molecule has 1 aliphatic carbocycles. The molecule has 0 saturated heterocycles. The van der Waals surface area contributed by atoms with Gasteiger partial charge >= 0.3 is 12.1 Å². The Morgan fingerprint density at radius 3 is 2.53 bits per heavy atom. The summed E-state index contributed by atoms with van der Waals surface area (Å²) in [4.78, 5) is 33.6. The van der Waals surface area contributed by atoms with Gasteiger partial charge in [0, 0.05) is 28.3 Å². The zero-order valence-electron chi connectivity index (χ0n) is 23.4. The molecule has 1 saturated carbocycles. The van der Waals surface area contributed by atoms with Gasteiger partial charge in [0.1, 0.15) is 34.7 Å². The number of nitrogens with zero attached hydrogens (tertiary/aromatic N) is 2. The summed E-state index contributed by atoms with van der Waals surface area (Å²) in [6, 6.07) is 9.16. The van der Waals surface area contributed by atoms with Crippen molar-refractivity contribution in [1.29, 1.82) is 0 Å². The number of pyridine rings is 2. The maximum absolute atomic E-state index is 14.7. The number of fused-ring (bicyclic) bond motifs is 2. The van der Waals surface area contributed by atoms with Crippen molar-refractivity contribution in [3.63, 3.8) is 0 Å². The highest BCUT2D eigenvalue weighted by atomic mass is 19.4. The van der Waals surface area contributed by atoms with Gasteiger partial charge < -0.3 is 25.0 Å². The summed E-state index contributed by atoms with van der Waals surface area (Å²) >= 11 is 0.